The molecule has 0 aliphatic rings. The number of hydrogen-bond donors (Lipinski definition) is 1. The van der Waals surface area contributed by atoms with E-state index in [1.165, 1.54) is 0 Å². The van der Waals surface area contributed by atoms with Gasteiger partial charge in [0.15, 0.2) is 0 Å². The van der Waals surface area contributed by atoms with Gasteiger partial charge in [0.2, 0.25) is 0 Å². The molecule has 0 aromatic carbocycles. The van der Waals surface area contributed by atoms with Crippen molar-refractivity contribution in [3.05, 3.63) is 0 Å². The lowest BCUT2D eigenvalue weighted by Gasteiger charge is -2.40. The van der Waals surface area contributed by atoms with Gasteiger partial charge in [-0.1, -0.05) is 0 Å². The summed E-state index contributed by atoms with van der Waals surface area (Å²) in [7, 11) is -6.30. The molecule has 18 heteroatoms. The molecule has 0 saturated heterocycles. The summed E-state index contributed by atoms with van der Waals surface area (Å²) >= 11 is 0. The Labute approximate surface area is 134 Å². The van der Waals surface area contributed by atoms with Gasteiger partial charge in [-0.2, -0.15) is 57.1 Å². The summed E-state index contributed by atoms with van der Waals surface area (Å²) in [4.78, 5) is 0. The molecular formula is C8H4F13O4S-. The van der Waals surface area contributed by atoms with Crippen molar-refractivity contribution in [3.8, 4) is 0 Å². The summed E-state index contributed by atoms with van der Waals surface area (Å²) < 4.78 is 194. The molecular weight excluding hydrogens is 439 g/mol. The van der Waals surface area contributed by atoms with Crippen molar-refractivity contribution in [3.63, 3.8) is 0 Å². The highest BCUT2D eigenvalue weighted by molar-refractivity contribution is 7.86. The van der Waals surface area contributed by atoms with E-state index in [1.807, 2.05) is 0 Å². The van der Waals surface area contributed by atoms with Crippen LogP contribution in [-0.2, 0) is 10.1 Å². The first-order valence-electron chi connectivity index (χ1n) is 5.46. The Morgan fingerprint density at radius 1 is 0.692 bits per heavy atom. The summed E-state index contributed by atoms with van der Waals surface area (Å²) in [6.45, 7) is 0. The van der Waals surface area contributed by atoms with E-state index in [0.717, 1.165) is 0 Å². The topological polar surface area (TPSA) is 77.4 Å². The van der Waals surface area contributed by atoms with Crippen molar-refractivity contribution in [2.24, 2.45) is 0 Å². The molecule has 1 atom stereocenters. The monoisotopic (exact) mass is 443 g/mol. The van der Waals surface area contributed by atoms with Crippen molar-refractivity contribution >= 4 is 10.1 Å². The number of aliphatic hydroxyl groups excluding tert-OH is 1. The van der Waals surface area contributed by atoms with Gasteiger partial charge in [0.1, 0.15) is 15.6 Å². The quantitative estimate of drug-likeness (QED) is 0.485. The van der Waals surface area contributed by atoms with Crippen molar-refractivity contribution in [2.75, 3.05) is 0 Å². The molecule has 0 bridgehead atoms. The lowest BCUT2D eigenvalue weighted by Crippen LogP contribution is -2.70. The molecule has 0 amide bonds. The zero-order valence-corrected chi connectivity index (χ0v) is 12.1. The second-order valence-electron chi connectivity index (χ2n) is 4.65. The average Bonchev–Trinajstić information content (AvgIpc) is 2.34. The van der Waals surface area contributed by atoms with Crippen molar-refractivity contribution < 1.29 is 75.2 Å². The van der Waals surface area contributed by atoms with E-state index in [2.05, 4.69) is 0 Å². The SMILES string of the molecule is O=S(=O)([O-])C(O)CC(F)(F)C(F)(F)C(F)(F)C(F)(F)C(F)(F)C(F)(F)F. The van der Waals surface area contributed by atoms with Crippen LogP contribution >= 0.6 is 0 Å². The third kappa shape index (κ3) is 3.67. The first-order valence-corrected chi connectivity index (χ1v) is 6.93. The van der Waals surface area contributed by atoms with Crippen molar-refractivity contribution in [1.82, 2.24) is 0 Å². The molecule has 1 unspecified atom stereocenters. The Morgan fingerprint density at radius 2 is 1.00 bits per heavy atom. The Hall–Kier alpha value is -1.04. The third-order valence-corrected chi connectivity index (χ3v) is 3.60. The molecule has 26 heavy (non-hydrogen) atoms. The van der Waals surface area contributed by atoms with Crippen LogP contribution in [0.3, 0.4) is 0 Å². The van der Waals surface area contributed by atoms with Gasteiger partial charge >= 0.3 is 35.8 Å². The molecule has 4 nitrogen and oxygen atoms in total. The maximum Gasteiger partial charge on any atom is 0.460 e. The predicted octanol–water partition coefficient (Wildman–Crippen LogP) is 2.98. The van der Waals surface area contributed by atoms with Crippen molar-refractivity contribution in [1.29, 1.82) is 0 Å². The molecule has 0 spiro atoms. The zero-order chi connectivity index (χ0) is 21.8. The normalized spacial score (nSPS) is 17.3. The molecule has 1 N–H and O–H groups in total. The molecule has 0 aliphatic heterocycles. The van der Waals surface area contributed by atoms with Gasteiger partial charge in [-0.25, -0.2) is 8.42 Å². The molecule has 0 aromatic rings. The number of aliphatic hydroxyl groups is 1. The summed E-state index contributed by atoms with van der Waals surface area (Å²) in [6.07, 6.45) is -11.1. The standard InChI is InChI=1S/C8H5F13O4S/c9-3(10,1-2(22)26(23,24)25)4(11,12)5(13,14)6(15,16)7(17,18)8(19,20)21/h2,22H,1H2,(H,23,24,25)/p-1. The molecule has 0 fully saturated rings. The Bertz CT molecular complexity index is 623. The van der Waals surface area contributed by atoms with Crippen LogP contribution in [-0.4, -0.2) is 59.3 Å². The zero-order valence-electron chi connectivity index (χ0n) is 11.3. The van der Waals surface area contributed by atoms with E-state index >= 15 is 0 Å². The molecule has 0 saturated carbocycles. The van der Waals surface area contributed by atoms with E-state index in [0.29, 0.717) is 0 Å². The summed E-state index contributed by atoms with van der Waals surface area (Å²) in [6, 6.07) is 0. The van der Waals surface area contributed by atoms with Crippen LogP contribution < -0.4 is 0 Å². The minimum Gasteiger partial charge on any atom is -0.746 e. The largest absolute Gasteiger partial charge is 0.746 e. The van der Waals surface area contributed by atoms with Gasteiger partial charge in [0.25, 0.3) is 0 Å². The highest BCUT2D eigenvalue weighted by Gasteiger charge is 2.90. The van der Waals surface area contributed by atoms with E-state index < -0.39 is 57.8 Å². The van der Waals surface area contributed by atoms with Gasteiger partial charge in [-0.15, -0.1) is 0 Å². The minimum atomic E-state index is -8.15. The molecule has 0 aliphatic carbocycles. The second-order valence-corrected chi connectivity index (χ2v) is 6.18. The molecule has 0 heterocycles. The maximum absolute atomic E-state index is 13.1. The van der Waals surface area contributed by atoms with Crippen LogP contribution in [0, 0.1) is 0 Å². The number of hydrogen-bond acceptors (Lipinski definition) is 4. The van der Waals surface area contributed by atoms with Gasteiger partial charge in [0.05, 0.1) is 6.42 Å². The van der Waals surface area contributed by atoms with E-state index in [4.69, 9.17) is 5.11 Å². The van der Waals surface area contributed by atoms with E-state index in [9.17, 15) is 70.0 Å². The Morgan fingerprint density at radius 3 is 1.27 bits per heavy atom. The second kappa shape index (κ2) is 6.25. The predicted molar refractivity (Wildman–Crippen MR) is 51.1 cm³/mol. The summed E-state index contributed by atoms with van der Waals surface area (Å²) in [5.74, 6) is -38.8. The van der Waals surface area contributed by atoms with Crippen molar-refractivity contribution in [2.45, 2.75) is 47.6 Å². The first-order chi connectivity index (χ1) is 10.9. The minimum absolute atomic E-state index is 3.50. The van der Waals surface area contributed by atoms with Gasteiger partial charge in [-0.05, 0) is 0 Å². The summed E-state index contributed by atoms with van der Waals surface area (Å²) in [5.41, 5.74) is -4.10. The van der Waals surface area contributed by atoms with E-state index in [-0.39, 0.29) is 0 Å². The van der Waals surface area contributed by atoms with Gasteiger partial charge < -0.3 is 9.66 Å². The third-order valence-electron chi connectivity index (χ3n) is 2.76. The van der Waals surface area contributed by atoms with Crippen LogP contribution in [0.5, 0.6) is 0 Å². The maximum atomic E-state index is 13.1. The molecule has 0 radical (unpaired) electrons. The lowest BCUT2D eigenvalue weighted by molar-refractivity contribution is -0.440. The fourth-order valence-corrected chi connectivity index (χ4v) is 1.67. The van der Waals surface area contributed by atoms with Crippen LogP contribution in [0.15, 0.2) is 0 Å². The fourth-order valence-electron chi connectivity index (χ4n) is 1.25. The number of halogens is 13. The average molecular weight is 443 g/mol. The lowest BCUT2D eigenvalue weighted by atomic mass is 9.93. The summed E-state index contributed by atoms with van der Waals surface area (Å²) in [5, 5.41) is 8.37. The smallest absolute Gasteiger partial charge is 0.460 e. The van der Waals surface area contributed by atoms with Crippen LogP contribution in [0.25, 0.3) is 0 Å². The first kappa shape index (κ1) is 25.0. The Balaban J connectivity index is 6.25. The molecule has 158 valence electrons. The van der Waals surface area contributed by atoms with Gasteiger partial charge in [-0.3, -0.25) is 0 Å². The van der Waals surface area contributed by atoms with Gasteiger partial charge in [0, 0.05) is 0 Å². The molecule has 0 rings (SSSR count). The fraction of sp³-hybridized carbons (Fsp3) is 1.00. The number of rotatable bonds is 7. The Kier molecular flexibility index (Phi) is 6.00. The number of alkyl halides is 13. The molecule has 0 aromatic heterocycles. The van der Waals surface area contributed by atoms with Crippen LogP contribution in [0.1, 0.15) is 6.42 Å². The van der Waals surface area contributed by atoms with Crippen LogP contribution in [0.4, 0.5) is 57.1 Å². The van der Waals surface area contributed by atoms with E-state index in [1.54, 1.807) is 0 Å². The highest BCUT2D eigenvalue weighted by atomic mass is 32.2. The highest BCUT2D eigenvalue weighted by Crippen LogP contribution is 2.60. The van der Waals surface area contributed by atoms with Crippen LogP contribution in [0.2, 0.25) is 0 Å².